The van der Waals surface area contributed by atoms with Crippen molar-refractivity contribution in [2.24, 2.45) is 0 Å². The molecule has 2 atom stereocenters. The van der Waals surface area contributed by atoms with Crippen molar-refractivity contribution in [2.75, 3.05) is 13.2 Å². The Bertz CT molecular complexity index is 1500. The Labute approximate surface area is 563 Å². The van der Waals surface area contributed by atoms with Crippen LogP contribution >= 0.6 is 0 Å². The number of aliphatic hydroxyl groups excluding tert-OH is 2. The third kappa shape index (κ3) is 74.9. The highest BCUT2D eigenvalue weighted by Crippen LogP contribution is 2.20. The van der Waals surface area contributed by atoms with Crippen LogP contribution in [0.4, 0.5) is 0 Å². The number of hydrogen-bond acceptors (Lipinski definition) is 5. The van der Waals surface area contributed by atoms with E-state index < -0.39 is 12.1 Å². The summed E-state index contributed by atoms with van der Waals surface area (Å²) in [5.74, 6) is -0.0525. The van der Waals surface area contributed by atoms with Gasteiger partial charge in [0.1, 0.15) is 0 Å². The van der Waals surface area contributed by atoms with Crippen LogP contribution in [0.1, 0.15) is 450 Å². The van der Waals surface area contributed by atoms with E-state index in [1.165, 1.54) is 372 Å². The largest absolute Gasteiger partial charge is 0.466 e. The number of ether oxygens (including phenoxy) is 1. The minimum absolute atomic E-state index is 0.00778. The number of nitrogens with one attached hydrogen (secondary N) is 1. The highest BCUT2D eigenvalue weighted by atomic mass is 16.5. The molecule has 1 amide bonds. The van der Waals surface area contributed by atoms with E-state index in [0.717, 1.165) is 51.4 Å². The van der Waals surface area contributed by atoms with Gasteiger partial charge in [0, 0.05) is 12.8 Å². The molecule has 2 unspecified atom stereocenters. The summed E-state index contributed by atoms with van der Waals surface area (Å²) in [5.41, 5.74) is 0. The molecule has 6 nitrogen and oxygen atoms in total. The van der Waals surface area contributed by atoms with Crippen LogP contribution in [0.3, 0.4) is 0 Å². The fourth-order valence-corrected chi connectivity index (χ4v) is 12.8. The molecule has 0 spiro atoms. The number of esters is 1. The van der Waals surface area contributed by atoms with Crippen molar-refractivity contribution in [3.63, 3.8) is 0 Å². The van der Waals surface area contributed by atoms with Gasteiger partial charge in [0.15, 0.2) is 0 Å². The second-order valence-corrected chi connectivity index (χ2v) is 28.1. The van der Waals surface area contributed by atoms with Crippen LogP contribution in [0.2, 0.25) is 0 Å². The fourth-order valence-electron chi connectivity index (χ4n) is 12.8. The van der Waals surface area contributed by atoms with Crippen LogP contribution < -0.4 is 5.32 Å². The molecule has 0 aromatic heterocycles. The third-order valence-corrected chi connectivity index (χ3v) is 19.1. The Kier molecular flexibility index (Phi) is 77.3. The zero-order valence-electron chi connectivity index (χ0n) is 60.9. The van der Waals surface area contributed by atoms with Gasteiger partial charge in [-0.15, -0.1) is 0 Å². The maximum Gasteiger partial charge on any atom is 0.305 e. The van der Waals surface area contributed by atoms with Crippen molar-refractivity contribution in [3.05, 3.63) is 48.6 Å². The average molecular weight is 1260 g/mol. The first-order chi connectivity index (χ1) is 44.5. The summed E-state index contributed by atoms with van der Waals surface area (Å²) >= 11 is 0. The summed E-state index contributed by atoms with van der Waals surface area (Å²) in [7, 11) is 0. The summed E-state index contributed by atoms with van der Waals surface area (Å²) in [5, 5.41) is 23.3. The van der Waals surface area contributed by atoms with E-state index in [-0.39, 0.29) is 18.5 Å². The first-order valence-electron chi connectivity index (χ1n) is 40.9. The molecule has 530 valence electrons. The Morgan fingerprint density at radius 3 is 0.889 bits per heavy atom. The van der Waals surface area contributed by atoms with Crippen LogP contribution in [0.15, 0.2) is 48.6 Å². The van der Waals surface area contributed by atoms with Crippen molar-refractivity contribution < 1.29 is 24.5 Å². The second-order valence-electron chi connectivity index (χ2n) is 28.1. The predicted molar refractivity (Wildman–Crippen MR) is 398 cm³/mol. The molecule has 0 rings (SSSR count). The second kappa shape index (κ2) is 79.3. The molecule has 0 saturated carbocycles. The first-order valence-corrected chi connectivity index (χ1v) is 40.9. The molecule has 0 aromatic rings. The Morgan fingerprint density at radius 1 is 0.311 bits per heavy atom. The molecule has 0 radical (unpaired) electrons. The molecule has 3 N–H and O–H groups in total. The van der Waals surface area contributed by atoms with E-state index in [2.05, 4.69) is 55.6 Å². The zero-order chi connectivity index (χ0) is 64.9. The van der Waals surface area contributed by atoms with Gasteiger partial charge in [0.25, 0.3) is 0 Å². The van der Waals surface area contributed by atoms with Gasteiger partial charge in [-0.05, 0) is 83.5 Å². The predicted octanol–water partition coefficient (Wildman–Crippen LogP) is 27.2. The van der Waals surface area contributed by atoms with Crippen molar-refractivity contribution in [1.29, 1.82) is 0 Å². The van der Waals surface area contributed by atoms with E-state index in [1.54, 1.807) is 6.08 Å². The number of amides is 1. The lowest BCUT2D eigenvalue weighted by Crippen LogP contribution is -2.45. The van der Waals surface area contributed by atoms with E-state index in [1.807, 2.05) is 6.08 Å². The Balaban J connectivity index is 3.39. The molecule has 0 saturated heterocycles. The topological polar surface area (TPSA) is 95.9 Å². The Hall–Kier alpha value is -2.18. The molecular formula is C84H159NO5. The van der Waals surface area contributed by atoms with Gasteiger partial charge in [-0.2, -0.15) is 0 Å². The first kappa shape index (κ1) is 87.8. The molecular weight excluding hydrogens is 1100 g/mol. The lowest BCUT2D eigenvalue weighted by Gasteiger charge is -2.20. The number of carbonyl (C=O) groups is 2. The monoisotopic (exact) mass is 1260 g/mol. The van der Waals surface area contributed by atoms with Gasteiger partial charge in [0.2, 0.25) is 5.91 Å². The van der Waals surface area contributed by atoms with Gasteiger partial charge in [-0.25, -0.2) is 0 Å². The number of rotatable bonds is 77. The quantitative estimate of drug-likeness (QED) is 0.0320. The molecule has 0 aliphatic heterocycles. The van der Waals surface area contributed by atoms with Crippen LogP contribution in [0.5, 0.6) is 0 Å². The summed E-state index contributed by atoms with van der Waals surface area (Å²) in [4.78, 5) is 24.6. The minimum Gasteiger partial charge on any atom is -0.466 e. The Morgan fingerprint density at radius 2 is 0.567 bits per heavy atom. The van der Waals surface area contributed by atoms with Crippen LogP contribution in [-0.4, -0.2) is 47.4 Å². The van der Waals surface area contributed by atoms with E-state index in [9.17, 15) is 19.8 Å². The maximum absolute atomic E-state index is 12.6. The van der Waals surface area contributed by atoms with Crippen LogP contribution in [-0.2, 0) is 14.3 Å². The van der Waals surface area contributed by atoms with Crippen LogP contribution in [0.25, 0.3) is 0 Å². The van der Waals surface area contributed by atoms with Gasteiger partial charge in [-0.3, -0.25) is 9.59 Å². The van der Waals surface area contributed by atoms with Crippen molar-refractivity contribution >= 4 is 11.9 Å². The number of carbonyl (C=O) groups excluding carboxylic acids is 2. The summed E-state index contributed by atoms with van der Waals surface area (Å²) in [6, 6.07) is -0.628. The van der Waals surface area contributed by atoms with Crippen molar-refractivity contribution in [2.45, 2.75) is 463 Å². The lowest BCUT2D eigenvalue weighted by atomic mass is 10.0. The molecule has 90 heavy (non-hydrogen) atoms. The zero-order valence-corrected chi connectivity index (χ0v) is 60.9. The lowest BCUT2D eigenvalue weighted by molar-refractivity contribution is -0.143. The number of hydrogen-bond donors (Lipinski definition) is 3. The molecule has 6 heteroatoms. The molecule has 0 aliphatic carbocycles. The molecule has 0 aromatic carbocycles. The summed E-state index contributed by atoms with van der Waals surface area (Å²) in [6.45, 7) is 4.91. The van der Waals surface area contributed by atoms with E-state index in [4.69, 9.17) is 4.74 Å². The summed E-state index contributed by atoms with van der Waals surface area (Å²) < 4.78 is 5.47. The van der Waals surface area contributed by atoms with Gasteiger partial charge in [0.05, 0.1) is 25.4 Å². The standard InChI is InChI=1S/C84H159NO5/c1-3-5-7-9-11-13-15-16-17-18-19-20-21-35-38-41-44-47-50-53-57-60-64-68-72-76-82(87)81(80-86)85-83(88)77-73-69-65-61-58-54-51-48-45-42-39-36-33-31-29-27-25-23-22-24-26-28-30-32-34-37-40-43-46-49-52-55-59-63-67-71-75-79-90-84(89)78-74-70-66-62-56-14-12-10-8-6-4-2/h10,12,22,24,28,30,72,76,81-82,86-87H,3-9,11,13-21,23,25-27,29,31-71,73-75,77-80H2,1-2H3,(H,85,88)/b12-10-,24-22-,30-28-,76-72+. The highest BCUT2D eigenvalue weighted by molar-refractivity contribution is 5.76. The van der Waals surface area contributed by atoms with Gasteiger partial charge >= 0.3 is 5.97 Å². The van der Waals surface area contributed by atoms with Gasteiger partial charge in [-0.1, -0.05) is 403 Å². The third-order valence-electron chi connectivity index (χ3n) is 19.1. The molecule has 0 fully saturated rings. The van der Waals surface area contributed by atoms with Gasteiger partial charge < -0.3 is 20.3 Å². The summed E-state index contributed by atoms with van der Waals surface area (Å²) in [6.07, 6.45) is 105. The molecule has 0 heterocycles. The number of unbranched alkanes of at least 4 members (excludes halogenated alkanes) is 60. The maximum atomic E-state index is 12.6. The van der Waals surface area contributed by atoms with Crippen LogP contribution in [0, 0.1) is 0 Å². The van der Waals surface area contributed by atoms with Crippen molar-refractivity contribution in [3.8, 4) is 0 Å². The van der Waals surface area contributed by atoms with E-state index in [0.29, 0.717) is 19.4 Å². The highest BCUT2D eigenvalue weighted by Gasteiger charge is 2.18. The average Bonchev–Trinajstić information content (AvgIpc) is 3.62. The normalized spacial score (nSPS) is 12.7. The number of allylic oxidation sites excluding steroid dienone is 7. The molecule has 0 bridgehead atoms. The fraction of sp³-hybridized carbons (Fsp3) is 0.881. The minimum atomic E-state index is -0.845. The smallest absolute Gasteiger partial charge is 0.305 e. The number of aliphatic hydroxyl groups is 2. The SMILES string of the molecule is CCCC/C=C\CCCCCCCC(=O)OCCCCCCCCCCCCCCC/C=C\C/C=C\CCCCCCCCCCCCCCCCCCCC(=O)NC(CO)C(O)/C=C/CCCCCCCCCCCCCCCCCCCCCCCCC. The van der Waals surface area contributed by atoms with Crippen molar-refractivity contribution in [1.82, 2.24) is 5.32 Å². The molecule has 0 aliphatic rings. The van der Waals surface area contributed by atoms with E-state index >= 15 is 0 Å².